The molecule has 1 aliphatic rings. The third-order valence-electron chi connectivity index (χ3n) is 4.81. The van der Waals surface area contributed by atoms with E-state index in [1.54, 1.807) is 6.20 Å². The number of carbonyl (C=O) groups excluding carboxylic acids is 1. The van der Waals surface area contributed by atoms with Gasteiger partial charge in [0.2, 0.25) is 0 Å². The highest BCUT2D eigenvalue weighted by Crippen LogP contribution is 2.23. The zero-order chi connectivity index (χ0) is 19.2. The Kier molecular flexibility index (Phi) is 6.56. The zero-order valence-corrected chi connectivity index (χ0v) is 16.7. The molecule has 5 nitrogen and oxygen atoms in total. The highest BCUT2D eigenvalue weighted by molar-refractivity contribution is 6.30. The Morgan fingerprint density at radius 3 is 2.48 bits per heavy atom. The summed E-state index contributed by atoms with van der Waals surface area (Å²) < 4.78 is 0. The van der Waals surface area contributed by atoms with Crippen LogP contribution in [0.25, 0.3) is 0 Å². The van der Waals surface area contributed by atoms with Crippen LogP contribution in [0.4, 0.5) is 11.4 Å². The highest BCUT2D eigenvalue weighted by Gasteiger charge is 2.19. The fourth-order valence-electron chi connectivity index (χ4n) is 3.20. The lowest BCUT2D eigenvalue weighted by atomic mass is 10.1. The first-order chi connectivity index (χ1) is 13.0. The van der Waals surface area contributed by atoms with Gasteiger partial charge >= 0.3 is 0 Å². The quantitative estimate of drug-likeness (QED) is 0.819. The van der Waals surface area contributed by atoms with Gasteiger partial charge in [0.05, 0.1) is 17.4 Å². The van der Waals surface area contributed by atoms with Crippen LogP contribution in [0, 0.1) is 5.92 Å². The van der Waals surface area contributed by atoms with E-state index < -0.39 is 0 Å². The van der Waals surface area contributed by atoms with E-state index in [1.807, 2.05) is 30.5 Å². The molecule has 1 aromatic heterocycles. The van der Waals surface area contributed by atoms with Crippen LogP contribution in [0.3, 0.4) is 0 Å². The van der Waals surface area contributed by atoms with Crippen molar-refractivity contribution >= 4 is 28.9 Å². The van der Waals surface area contributed by atoms with Crippen molar-refractivity contribution in [1.29, 1.82) is 0 Å². The molecule has 0 bridgehead atoms. The molecule has 1 saturated heterocycles. The minimum atomic E-state index is -0.0532. The summed E-state index contributed by atoms with van der Waals surface area (Å²) in [4.78, 5) is 21.2. The second-order valence-electron chi connectivity index (χ2n) is 7.32. The first-order valence-corrected chi connectivity index (χ1v) is 9.89. The molecule has 0 atom stereocenters. The summed E-state index contributed by atoms with van der Waals surface area (Å²) in [5.74, 6) is 0.521. The minimum absolute atomic E-state index is 0.0532. The average molecular weight is 387 g/mol. The third kappa shape index (κ3) is 5.36. The van der Waals surface area contributed by atoms with Crippen molar-refractivity contribution in [2.45, 2.75) is 20.3 Å². The molecule has 0 radical (unpaired) electrons. The average Bonchev–Trinajstić information content (AvgIpc) is 2.68. The van der Waals surface area contributed by atoms with Gasteiger partial charge < -0.3 is 15.1 Å². The van der Waals surface area contributed by atoms with Crippen LogP contribution in [0.2, 0.25) is 5.02 Å². The van der Waals surface area contributed by atoms with Gasteiger partial charge in [0.1, 0.15) is 0 Å². The topological polar surface area (TPSA) is 48.5 Å². The summed E-state index contributed by atoms with van der Waals surface area (Å²) >= 11 is 6.11. The van der Waals surface area contributed by atoms with Gasteiger partial charge in [0, 0.05) is 49.6 Å². The number of hydrogen-bond donors (Lipinski definition) is 1. The SMILES string of the molecule is CC(C)CCNC(=O)c1cncc(N2CCN(c3cccc(Cl)c3)CC2)c1. The summed E-state index contributed by atoms with van der Waals surface area (Å²) in [6.07, 6.45) is 4.45. The molecule has 0 unspecified atom stereocenters. The lowest BCUT2D eigenvalue weighted by molar-refractivity contribution is 0.0951. The number of carbonyl (C=O) groups is 1. The molecule has 6 heteroatoms. The summed E-state index contributed by atoms with van der Waals surface area (Å²) in [5, 5.41) is 3.74. The van der Waals surface area contributed by atoms with Crippen molar-refractivity contribution in [3.63, 3.8) is 0 Å². The maximum absolute atomic E-state index is 12.3. The number of halogens is 1. The number of piperazine rings is 1. The lowest BCUT2D eigenvalue weighted by Gasteiger charge is -2.37. The van der Waals surface area contributed by atoms with Crippen molar-refractivity contribution < 1.29 is 4.79 Å². The van der Waals surface area contributed by atoms with E-state index in [2.05, 4.69) is 40.0 Å². The maximum Gasteiger partial charge on any atom is 0.252 e. The molecular formula is C21H27ClN4O. The van der Waals surface area contributed by atoms with Crippen LogP contribution in [-0.2, 0) is 0 Å². The van der Waals surface area contributed by atoms with Crippen molar-refractivity contribution in [3.05, 3.63) is 53.3 Å². The number of rotatable bonds is 6. The van der Waals surface area contributed by atoms with E-state index in [-0.39, 0.29) is 5.91 Å². The summed E-state index contributed by atoms with van der Waals surface area (Å²) in [7, 11) is 0. The molecule has 3 rings (SSSR count). The van der Waals surface area contributed by atoms with Crippen LogP contribution < -0.4 is 15.1 Å². The second kappa shape index (κ2) is 9.09. The Morgan fingerprint density at radius 1 is 1.11 bits per heavy atom. The Morgan fingerprint density at radius 2 is 1.81 bits per heavy atom. The van der Waals surface area contributed by atoms with Gasteiger partial charge in [-0.05, 0) is 36.6 Å². The molecule has 2 heterocycles. The molecule has 1 fully saturated rings. The second-order valence-corrected chi connectivity index (χ2v) is 7.76. The van der Waals surface area contributed by atoms with Gasteiger partial charge in [-0.2, -0.15) is 0 Å². The smallest absolute Gasteiger partial charge is 0.252 e. The number of pyridine rings is 1. The number of benzene rings is 1. The van der Waals surface area contributed by atoms with Gasteiger partial charge in [-0.1, -0.05) is 31.5 Å². The van der Waals surface area contributed by atoms with Crippen LogP contribution in [0.1, 0.15) is 30.6 Å². The predicted octanol–water partition coefficient (Wildman–Crippen LogP) is 3.84. The van der Waals surface area contributed by atoms with Crippen LogP contribution >= 0.6 is 11.6 Å². The summed E-state index contributed by atoms with van der Waals surface area (Å²) in [5.41, 5.74) is 2.77. The van der Waals surface area contributed by atoms with Crippen LogP contribution in [0.5, 0.6) is 0 Å². The van der Waals surface area contributed by atoms with Gasteiger partial charge in [-0.25, -0.2) is 0 Å². The molecule has 0 spiro atoms. The summed E-state index contributed by atoms with van der Waals surface area (Å²) in [6.45, 7) is 8.57. The largest absolute Gasteiger partial charge is 0.368 e. The predicted molar refractivity (Wildman–Crippen MR) is 112 cm³/mol. The van der Waals surface area contributed by atoms with Crippen molar-refractivity contribution in [2.24, 2.45) is 5.92 Å². The Hall–Kier alpha value is -2.27. The normalized spacial score (nSPS) is 14.5. The number of aromatic nitrogens is 1. The molecule has 1 aliphatic heterocycles. The standard InChI is InChI=1S/C21H27ClN4O/c1-16(2)6-7-24-21(27)17-12-20(15-23-14-17)26-10-8-25(9-11-26)19-5-3-4-18(22)13-19/h3-5,12-16H,6-11H2,1-2H3,(H,24,27). The zero-order valence-electron chi connectivity index (χ0n) is 16.0. The number of nitrogens with one attached hydrogen (secondary N) is 1. The maximum atomic E-state index is 12.3. The molecule has 1 N–H and O–H groups in total. The van der Waals surface area contributed by atoms with E-state index in [9.17, 15) is 4.79 Å². The number of amides is 1. The van der Waals surface area contributed by atoms with Gasteiger partial charge in [0.15, 0.2) is 0 Å². The highest BCUT2D eigenvalue weighted by atomic mass is 35.5. The molecule has 2 aromatic rings. The molecule has 0 saturated carbocycles. The Labute approximate surface area is 166 Å². The van der Waals surface area contributed by atoms with Crippen LogP contribution in [-0.4, -0.2) is 43.6 Å². The van der Waals surface area contributed by atoms with E-state index in [4.69, 9.17) is 11.6 Å². The van der Waals surface area contributed by atoms with E-state index in [1.165, 1.54) is 0 Å². The van der Waals surface area contributed by atoms with Gasteiger partial charge in [-0.15, -0.1) is 0 Å². The molecule has 1 amide bonds. The third-order valence-corrected chi connectivity index (χ3v) is 5.05. The Balaban J connectivity index is 1.59. The van der Waals surface area contributed by atoms with E-state index >= 15 is 0 Å². The molecular weight excluding hydrogens is 360 g/mol. The monoisotopic (exact) mass is 386 g/mol. The van der Waals surface area contributed by atoms with Gasteiger partial charge in [-0.3, -0.25) is 9.78 Å². The number of anilines is 2. The summed E-state index contributed by atoms with van der Waals surface area (Å²) in [6, 6.07) is 9.90. The fraction of sp³-hybridized carbons (Fsp3) is 0.429. The van der Waals surface area contributed by atoms with Crippen molar-refractivity contribution in [2.75, 3.05) is 42.5 Å². The molecule has 144 valence electrons. The van der Waals surface area contributed by atoms with E-state index in [0.29, 0.717) is 18.0 Å². The Bertz CT molecular complexity index is 772. The van der Waals surface area contributed by atoms with Crippen molar-refractivity contribution in [3.8, 4) is 0 Å². The van der Waals surface area contributed by atoms with Crippen LogP contribution in [0.15, 0.2) is 42.7 Å². The fourth-order valence-corrected chi connectivity index (χ4v) is 3.38. The lowest BCUT2D eigenvalue weighted by Crippen LogP contribution is -2.46. The number of nitrogens with zero attached hydrogens (tertiary/aromatic N) is 3. The molecule has 0 aliphatic carbocycles. The minimum Gasteiger partial charge on any atom is -0.368 e. The first kappa shape index (κ1) is 19.5. The first-order valence-electron chi connectivity index (χ1n) is 9.51. The molecule has 27 heavy (non-hydrogen) atoms. The number of hydrogen-bond acceptors (Lipinski definition) is 4. The van der Waals surface area contributed by atoms with E-state index in [0.717, 1.165) is 49.0 Å². The van der Waals surface area contributed by atoms with Crippen molar-refractivity contribution in [1.82, 2.24) is 10.3 Å². The van der Waals surface area contributed by atoms with Gasteiger partial charge in [0.25, 0.3) is 5.91 Å². The molecule has 1 aromatic carbocycles.